The number of alkyl carbamates (subject to hydrolysis) is 1. The lowest BCUT2D eigenvalue weighted by molar-refractivity contribution is -0.0155. The first-order valence-corrected chi connectivity index (χ1v) is 10.7. The molecular formula is C21H32N6O3. The fourth-order valence-electron chi connectivity index (χ4n) is 4.35. The van der Waals surface area contributed by atoms with Crippen LogP contribution in [-0.2, 0) is 9.47 Å². The maximum atomic E-state index is 12.1. The number of nitrogens with one attached hydrogen (secondary N) is 1. The molecule has 2 saturated heterocycles. The Morgan fingerprint density at radius 3 is 2.97 bits per heavy atom. The van der Waals surface area contributed by atoms with Crippen LogP contribution in [0.15, 0.2) is 18.6 Å². The first-order valence-electron chi connectivity index (χ1n) is 10.7. The van der Waals surface area contributed by atoms with Gasteiger partial charge in [-0.2, -0.15) is 0 Å². The summed E-state index contributed by atoms with van der Waals surface area (Å²) in [4.78, 5) is 22.9. The number of hydrogen-bond donors (Lipinski definition) is 2. The number of carbonyl (C=O) groups is 1. The molecule has 2 aliphatic rings. The molecule has 2 aromatic rings. The number of nitrogens with two attached hydrogens (primary N) is 1. The fraction of sp³-hybridized carbons (Fsp3) is 0.667. The van der Waals surface area contributed by atoms with E-state index in [-0.39, 0.29) is 24.5 Å². The molecule has 0 spiro atoms. The van der Waals surface area contributed by atoms with Gasteiger partial charge in [0.2, 0.25) is 0 Å². The van der Waals surface area contributed by atoms with Crippen molar-refractivity contribution in [2.45, 2.75) is 70.4 Å². The topological polar surface area (TPSA) is 108 Å². The Balaban J connectivity index is 1.31. The van der Waals surface area contributed by atoms with Crippen LogP contribution in [0.25, 0.3) is 11.0 Å². The Kier molecular flexibility index (Phi) is 5.84. The molecule has 3 N–H and O–H groups in total. The van der Waals surface area contributed by atoms with Gasteiger partial charge in [-0.25, -0.2) is 14.8 Å². The minimum Gasteiger partial charge on any atom is -0.444 e. The molecule has 2 fully saturated rings. The summed E-state index contributed by atoms with van der Waals surface area (Å²) in [5.41, 5.74) is 6.28. The molecule has 0 aromatic carbocycles. The Labute approximate surface area is 176 Å². The van der Waals surface area contributed by atoms with Crippen molar-refractivity contribution in [1.29, 1.82) is 0 Å². The second kappa shape index (κ2) is 8.39. The summed E-state index contributed by atoms with van der Waals surface area (Å²) < 4.78 is 13.8. The number of piperidine rings is 1. The van der Waals surface area contributed by atoms with Crippen LogP contribution < -0.4 is 11.1 Å². The van der Waals surface area contributed by atoms with Gasteiger partial charge in [-0.3, -0.25) is 4.90 Å². The van der Waals surface area contributed by atoms with Crippen LogP contribution >= 0.6 is 0 Å². The lowest BCUT2D eigenvalue weighted by Gasteiger charge is -2.34. The van der Waals surface area contributed by atoms with Gasteiger partial charge in [0.1, 0.15) is 29.6 Å². The maximum Gasteiger partial charge on any atom is 0.407 e. The van der Waals surface area contributed by atoms with Crippen LogP contribution in [0.5, 0.6) is 0 Å². The number of ether oxygens (including phenoxy) is 2. The number of amides is 1. The summed E-state index contributed by atoms with van der Waals surface area (Å²) >= 11 is 0. The highest BCUT2D eigenvalue weighted by Crippen LogP contribution is 2.32. The van der Waals surface area contributed by atoms with E-state index in [1.54, 1.807) is 0 Å². The molecule has 0 radical (unpaired) electrons. The molecule has 3 atom stereocenters. The van der Waals surface area contributed by atoms with Crippen molar-refractivity contribution in [2.24, 2.45) is 0 Å². The molecule has 3 unspecified atom stereocenters. The van der Waals surface area contributed by atoms with Gasteiger partial charge in [-0.15, -0.1) is 0 Å². The number of likely N-dealkylation sites (tertiary alicyclic amines) is 1. The summed E-state index contributed by atoms with van der Waals surface area (Å²) in [6.07, 6.45) is 7.20. The van der Waals surface area contributed by atoms with Gasteiger partial charge < -0.3 is 25.1 Å². The van der Waals surface area contributed by atoms with Crippen molar-refractivity contribution in [3.05, 3.63) is 18.6 Å². The van der Waals surface area contributed by atoms with E-state index < -0.39 is 5.60 Å². The molecular weight excluding hydrogens is 384 g/mol. The summed E-state index contributed by atoms with van der Waals surface area (Å²) in [6.45, 7) is 8.33. The molecule has 30 heavy (non-hydrogen) atoms. The van der Waals surface area contributed by atoms with E-state index in [4.69, 9.17) is 15.2 Å². The summed E-state index contributed by atoms with van der Waals surface area (Å²) in [5, 5.41) is 3.87. The van der Waals surface area contributed by atoms with Gasteiger partial charge in [0, 0.05) is 25.3 Å². The van der Waals surface area contributed by atoms with Crippen molar-refractivity contribution < 1.29 is 14.3 Å². The molecule has 0 bridgehead atoms. The SMILES string of the molecule is CC(C)(C)OC(=O)NC1CCCN(CC2CCC(n3ccc4c(N)ncnc43)O2)C1. The molecule has 2 aromatic heterocycles. The summed E-state index contributed by atoms with van der Waals surface area (Å²) in [5.74, 6) is 0.491. The highest BCUT2D eigenvalue weighted by molar-refractivity contribution is 5.86. The van der Waals surface area contributed by atoms with Crippen molar-refractivity contribution in [3.63, 3.8) is 0 Å². The monoisotopic (exact) mass is 416 g/mol. The zero-order valence-corrected chi connectivity index (χ0v) is 18.0. The van der Waals surface area contributed by atoms with Crippen LogP contribution in [0.4, 0.5) is 10.6 Å². The first kappa shape index (κ1) is 20.9. The molecule has 0 saturated carbocycles. The molecule has 9 heteroatoms. The van der Waals surface area contributed by atoms with Gasteiger partial charge >= 0.3 is 6.09 Å². The maximum absolute atomic E-state index is 12.1. The third-order valence-electron chi connectivity index (χ3n) is 5.62. The number of fused-ring (bicyclic) bond motifs is 1. The van der Waals surface area contributed by atoms with Crippen molar-refractivity contribution in [2.75, 3.05) is 25.4 Å². The summed E-state index contributed by atoms with van der Waals surface area (Å²) in [7, 11) is 0. The second-order valence-corrected chi connectivity index (χ2v) is 9.25. The number of rotatable bonds is 4. The van der Waals surface area contributed by atoms with E-state index in [9.17, 15) is 4.79 Å². The quantitative estimate of drug-likeness (QED) is 0.789. The predicted molar refractivity (Wildman–Crippen MR) is 114 cm³/mol. The third kappa shape index (κ3) is 4.84. The molecule has 9 nitrogen and oxygen atoms in total. The molecule has 4 heterocycles. The van der Waals surface area contributed by atoms with Gasteiger partial charge in [0.15, 0.2) is 0 Å². The standard InChI is InChI=1S/C21H32N6O3/c1-21(2,3)30-20(28)25-14-5-4-9-26(11-14)12-15-6-7-17(29-15)27-10-8-16-18(22)23-13-24-19(16)27/h8,10,13-15,17H,4-7,9,11-12H2,1-3H3,(H,25,28)(H2,22,23,24). The number of nitrogens with zero attached hydrogens (tertiary/aromatic N) is 4. The smallest absolute Gasteiger partial charge is 0.407 e. The van der Waals surface area contributed by atoms with E-state index in [2.05, 4.69) is 24.8 Å². The lowest BCUT2D eigenvalue weighted by Crippen LogP contribution is -2.50. The van der Waals surface area contributed by atoms with Crippen LogP contribution in [-0.4, -0.2) is 62.9 Å². The molecule has 0 aliphatic carbocycles. The van der Waals surface area contributed by atoms with Gasteiger partial charge in [0.25, 0.3) is 0 Å². The highest BCUT2D eigenvalue weighted by Gasteiger charge is 2.31. The number of nitrogen functional groups attached to an aromatic ring is 1. The minimum atomic E-state index is -0.483. The minimum absolute atomic E-state index is 0.0396. The number of hydrogen-bond acceptors (Lipinski definition) is 7. The van der Waals surface area contributed by atoms with Gasteiger partial charge in [-0.1, -0.05) is 0 Å². The molecule has 164 valence electrons. The van der Waals surface area contributed by atoms with Crippen molar-refractivity contribution in [1.82, 2.24) is 24.8 Å². The summed E-state index contributed by atoms with van der Waals surface area (Å²) in [6, 6.07) is 2.05. The zero-order valence-electron chi connectivity index (χ0n) is 18.0. The lowest BCUT2D eigenvalue weighted by atomic mass is 10.1. The molecule has 2 aliphatic heterocycles. The Hall–Kier alpha value is -2.39. The average molecular weight is 417 g/mol. The van der Waals surface area contributed by atoms with Crippen LogP contribution in [0, 0.1) is 0 Å². The van der Waals surface area contributed by atoms with E-state index in [0.717, 1.165) is 56.4 Å². The fourth-order valence-corrected chi connectivity index (χ4v) is 4.35. The number of aromatic nitrogens is 3. The molecule has 4 rings (SSSR count). The van der Waals surface area contributed by atoms with Crippen LogP contribution in [0.3, 0.4) is 0 Å². The number of anilines is 1. The normalized spacial score (nSPS) is 25.5. The Bertz CT molecular complexity index is 892. The largest absolute Gasteiger partial charge is 0.444 e. The van der Waals surface area contributed by atoms with Crippen LogP contribution in [0.1, 0.15) is 52.7 Å². The van der Waals surface area contributed by atoms with Gasteiger partial charge in [-0.05, 0) is 59.1 Å². The van der Waals surface area contributed by atoms with Crippen molar-refractivity contribution in [3.8, 4) is 0 Å². The second-order valence-electron chi connectivity index (χ2n) is 9.25. The molecule has 1 amide bonds. The van der Waals surface area contributed by atoms with Crippen LogP contribution in [0.2, 0.25) is 0 Å². The van der Waals surface area contributed by atoms with E-state index in [0.29, 0.717) is 5.82 Å². The Morgan fingerprint density at radius 1 is 1.33 bits per heavy atom. The third-order valence-corrected chi connectivity index (χ3v) is 5.62. The average Bonchev–Trinajstić information content (AvgIpc) is 3.27. The van der Waals surface area contributed by atoms with E-state index >= 15 is 0 Å². The Morgan fingerprint density at radius 2 is 2.17 bits per heavy atom. The van der Waals surface area contributed by atoms with Gasteiger partial charge in [0.05, 0.1) is 11.5 Å². The first-order chi connectivity index (χ1) is 14.3. The van der Waals surface area contributed by atoms with E-state index in [1.165, 1.54) is 6.33 Å². The highest BCUT2D eigenvalue weighted by atomic mass is 16.6. The number of carbonyl (C=O) groups excluding carboxylic acids is 1. The van der Waals surface area contributed by atoms with Crippen molar-refractivity contribution >= 4 is 22.9 Å². The van der Waals surface area contributed by atoms with E-state index in [1.807, 2.05) is 33.0 Å². The predicted octanol–water partition coefficient (Wildman–Crippen LogP) is 2.68. The zero-order chi connectivity index (χ0) is 21.3.